The van der Waals surface area contributed by atoms with Gasteiger partial charge in [-0.15, -0.1) is 11.3 Å². The van der Waals surface area contributed by atoms with Crippen LogP contribution in [0.3, 0.4) is 0 Å². The number of carbonyl (C=O) groups is 2. The molecule has 0 radical (unpaired) electrons. The highest BCUT2D eigenvalue weighted by Gasteiger charge is 2.27. The van der Waals surface area contributed by atoms with E-state index in [0.29, 0.717) is 10.6 Å². The van der Waals surface area contributed by atoms with Crippen molar-refractivity contribution in [2.75, 3.05) is 11.9 Å². The first-order chi connectivity index (χ1) is 12.3. The first-order valence-electron chi connectivity index (χ1n) is 7.57. The van der Waals surface area contributed by atoms with Gasteiger partial charge in [-0.05, 0) is 41.8 Å². The number of benzene rings is 2. The summed E-state index contributed by atoms with van der Waals surface area (Å²) in [6.07, 6.45) is -4.46. The third-order valence-corrected chi connectivity index (χ3v) is 4.62. The number of hydrogen-bond donors (Lipinski definition) is 2. The van der Waals surface area contributed by atoms with E-state index in [2.05, 4.69) is 5.32 Å². The van der Waals surface area contributed by atoms with Crippen LogP contribution in [0.15, 0.2) is 54.6 Å². The molecular weight excluding hydrogens is 365 g/mol. The van der Waals surface area contributed by atoms with Gasteiger partial charge in [0.25, 0.3) is 11.8 Å². The smallest absolute Gasteiger partial charge is 0.343 e. The Bertz CT molecular complexity index is 916. The van der Waals surface area contributed by atoms with Crippen molar-refractivity contribution >= 4 is 38.9 Å². The fraction of sp³-hybridized carbons (Fsp3) is 0.111. The van der Waals surface area contributed by atoms with Gasteiger partial charge in [0.2, 0.25) is 0 Å². The first-order valence-corrected chi connectivity index (χ1v) is 8.38. The standard InChI is InChI=1S/C18H13F3N2O2S/c19-18(20,21)10-22-16(24)11-5-7-13(8-6-11)23-17(25)15-9-12-3-1-2-4-14(12)26-15/h1-9H,10H2,(H,22,24)(H,23,25). The number of carbonyl (C=O) groups excluding carboxylic acids is 2. The molecule has 1 heterocycles. The Morgan fingerprint density at radius 3 is 2.31 bits per heavy atom. The van der Waals surface area contributed by atoms with E-state index in [1.807, 2.05) is 24.3 Å². The van der Waals surface area contributed by atoms with Crippen LogP contribution >= 0.6 is 11.3 Å². The van der Waals surface area contributed by atoms with Crippen LogP contribution in [0.2, 0.25) is 0 Å². The minimum atomic E-state index is -4.46. The monoisotopic (exact) mass is 378 g/mol. The van der Waals surface area contributed by atoms with Crippen LogP contribution in [-0.4, -0.2) is 24.5 Å². The molecule has 1 aromatic heterocycles. The second kappa shape index (κ2) is 7.17. The zero-order chi connectivity index (χ0) is 18.7. The molecule has 3 rings (SSSR count). The van der Waals surface area contributed by atoms with Crippen LogP contribution < -0.4 is 10.6 Å². The van der Waals surface area contributed by atoms with Gasteiger partial charge in [-0.3, -0.25) is 9.59 Å². The maximum Gasteiger partial charge on any atom is 0.405 e. The first kappa shape index (κ1) is 17.9. The molecule has 0 spiro atoms. The average molecular weight is 378 g/mol. The number of halogens is 3. The number of rotatable bonds is 4. The van der Waals surface area contributed by atoms with Crippen LogP contribution in [0, 0.1) is 0 Å². The van der Waals surface area contributed by atoms with Gasteiger partial charge in [0.15, 0.2) is 0 Å². The molecule has 2 N–H and O–H groups in total. The molecule has 8 heteroatoms. The molecule has 0 saturated carbocycles. The number of thiophene rings is 1. The highest BCUT2D eigenvalue weighted by molar-refractivity contribution is 7.20. The van der Waals surface area contributed by atoms with Gasteiger partial charge < -0.3 is 10.6 Å². The van der Waals surface area contributed by atoms with Crippen molar-refractivity contribution in [3.63, 3.8) is 0 Å². The van der Waals surface area contributed by atoms with Gasteiger partial charge in [-0.2, -0.15) is 13.2 Å². The van der Waals surface area contributed by atoms with Gasteiger partial charge >= 0.3 is 6.18 Å². The van der Waals surface area contributed by atoms with Gasteiger partial charge in [-0.1, -0.05) is 18.2 Å². The summed E-state index contributed by atoms with van der Waals surface area (Å²) < 4.78 is 37.3. The molecule has 3 aromatic rings. The lowest BCUT2D eigenvalue weighted by Crippen LogP contribution is -2.33. The van der Waals surface area contributed by atoms with E-state index in [9.17, 15) is 22.8 Å². The molecular formula is C18H13F3N2O2S. The zero-order valence-electron chi connectivity index (χ0n) is 13.3. The number of fused-ring (bicyclic) bond motifs is 1. The Balaban J connectivity index is 1.65. The van der Waals surface area contributed by atoms with Crippen LogP contribution in [-0.2, 0) is 0 Å². The van der Waals surface area contributed by atoms with Crippen molar-refractivity contribution in [2.24, 2.45) is 0 Å². The normalized spacial score (nSPS) is 11.3. The molecule has 0 atom stereocenters. The Kier molecular flexibility index (Phi) is 4.94. The predicted molar refractivity (Wildman–Crippen MR) is 94.6 cm³/mol. The van der Waals surface area contributed by atoms with E-state index in [-0.39, 0.29) is 11.5 Å². The van der Waals surface area contributed by atoms with E-state index >= 15 is 0 Å². The highest BCUT2D eigenvalue weighted by atomic mass is 32.1. The second-order valence-electron chi connectivity index (χ2n) is 5.48. The maximum atomic E-state index is 12.3. The number of hydrogen-bond acceptors (Lipinski definition) is 3. The molecule has 134 valence electrons. The Hall–Kier alpha value is -2.87. The minimum absolute atomic E-state index is 0.0779. The lowest BCUT2D eigenvalue weighted by molar-refractivity contribution is -0.123. The lowest BCUT2D eigenvalue weighted by Gasteiger charge is -2.09. The van der Waals surface area contributed by atoms with E-state index < -0.39 is 18.6 Å². The summed E-state index contributed by atoms with van der Waals surface area (Å²) in [6, 6.07) is 15.0. The van der Waals surface area contributed by atoms with E-state index in [1.165, 1.54) is 35.6 Å². The average Bonchev–Trinajstić information content (AvgIpc) is 3.04. The third-order valence-electron chi connectivity index (χ3n) is 3.50. The van der Waals surface area contributed by atoms with Crippen molar-refractivity contribution in [1.29, 1.82) is 0 Å². The third kappa shape index (κ3) is 4.40. The quantitative estimate of drug-likeness (QED) is 0.705. The second-order valence-corrected chi connectivity index (χ2v) is 6.56. The zero-order valence-corrected chi connectivity index (χ0v) is 14.1. The molecule has 0 unspecified atom stereocenters. The summed E-state index contributed by atoms with van der Waals surface area (Å²) in [5, 5.41) is 5.46. The minimum Gasteiger partial charge on any atom is -0.343 e. The Morgan fingerprint density at radius 1 is 0.962 bits per heavy atom. The SMILES string of the molecule is O=C(NCC(F)(F)F)c1ccc(NC(=O)c2cc3ccccc3s2)cc1. The highest BCUT2D eigenvalue weighted by Crippen LogP contribution is 2.26. The number of alkyl halides is 3. The summed E-state index contributed by atoms with van der Waals surface area (Å²) in [5.41, 5.74) is 0.522. The molecule has 0 aliphatic carbocycles. The molecule has 2 amide bonds. The van der Waals surface area contributed by atoms with Crippen molar-refractivity contribution in [1.82, 2.24) is 5.32 Å². The van der Waals surface area contributed by atoms with Crippen LogP contribution in [0.1, 0.15) is 20.0 Å². The number of anilines is 1. The lowest BCUT2D eigenvalue weighted by atomic mass is 10.2. The summed E-state index contributed by atoms with van der Waals surface area (Å²) in [4.78, 5) is 24.5. The van der Waals surface area contributed by atoms with Crippen molar-refractivity contribution in [2.45, 2.75) is 6.18 Å². The topological polar surface area (TPSA) is 58.2 Å². The molecule has 0 saturated heterocycles. The van der Waals surface area contributed by atoms with Crippen molar-refractivity contribution < 1.29 is 22.8 Å². The molecule has 0 aliphatic rings. The van der Waals surface area contributed by atoms with Gasteiger partial charge in [0.05, 0.1) is 4.88 Å². The van der Waals surface area contributed by atoms with E-state index in [4.69, 9.17) is 0 Å². The van der Waals surface area contributed by atoms with Gasteiger partial charge in [-0.25, -0.2) is 0 Å². The van der Waals surface area contributed by atoms with E-state index in [1.54, 1.807) is 11.4 Å². The predicted octanol–water partition coefficient (Wildman–Crippen LogP) is 4.45. The van der Waals surface area contributed by atoms with Gasteiger partial charge in [0, 0.05) is 16.0 Å². The molecule has 2 aromatic carbocycles. The van der Waals surface area contributed by atoms with Gasteiger partial charge in [0.1, 0.15) is 6.54 Å². The molecule has 26 heavy (non-hydrogen) atoms. The summed E-state index contributed by atoms with van der Waals surface area (Å²) in [7, 11) is 0. The molecule has 0 bridgehead atoms. The summed E-state index contributed by atoms with van der Waals surface area (Å²) >= 11 is 1.36. The Labute approximate surface area is 150 Å². The fourth-order valence-corrected chi connectivity index (χ4v) is 3.23. The number of amides is 2. The van der Waals surface area contributed by atoms with Crippen molar-refractivity contribution in [3.05, 3.63) is 65.0 Å². The largest absolute Gasteiger partial charge is 0.405 e. The molecule has 0 fully saturated rings. The number of nitrogens with one attached hydrogen (secondary N) is 2. The molecule has 0 aliphatic heterocycles. The van der Waals surface area contributed by atoms with E-state index in [0.717, 1.165) is 10.1 Å². The van der Waals surface area contributed by atoms with Crippen LogP contribution in [0.25, 0.3) is 10.1 Å². The van der Waals surface area contributed by atoms with Crippen LogP contribution in [0.5, 0.6) is 0 Å². The molecule has 4 nitrogen and oxygen atoms in total. The van der Waals surface area contributed by atoms with Crippen molar-refractivity contribution in [3.8, 4) is 0 Å². The maximum absolute atomic E-state index is 12.3. The Morgan fingerprint density at radius 2 is 1.65 bits per heavy atom. The summed E-state index contributed by atoms with van der Waals surface area (Å²) in [5.74, 6) is -1.12. The van der Waals surface area contributed by atoms with Crippen LogP contribution in [0.4, 0.5) is 18.9 Å². The summed E-state index contributed by atoms with van der Waals surface area (Å²) in [6.45, 7) is -1.39. The fourth-order valence-electron chi connectivity index (χ4n) is 2.27.